The molecule has 1 atom stereocenters. The Kier molecular flexibility index (Phi) is 3.40. The van der Waals surface area contributed by atoms with Crippen LogP contribution >= 0.6 is 0 Å². The van der Waals surface area contributed by atoms with E-state index in [0.717, 1.165) is 30.3 Å². The van der Waals surface area contributed by atoms with Crippen LogP contribution in [0.25, 0.3) is 10.9 Å². The molecule has 2 aromatic rings. The first-order valence-electron chi connectivity index (χ1n) is 8.01. The summed E-state index contributed by atoms with van der Waals surface area (Å²) in [7, 11) is 0. The average Bonchev–Trinajstić information content (AvgIpc) is 3.20. The number of fused-ring (bicyclic) bond motifs is 1. The number of nitrogens with one attached hydrogen (secondary N) is 2. The van der Waals surface area contributed by atoms with Crippen molar-refractivity contribution in [3.63, 3.8) is 0 Å². The van der Waals surface area contributed by atoms with E-state index in [1.165, 1.54) is 0 Å². The average molecular weight is 313 g/mol. The lowest BCUT2D eigenvalue weighted by Crippen LogP contribution is -2.50. The minimum atomic E-state index is -0.0632. The monoisotopic (exact) mass is 313 g/mol. The van der Waals surface area contributed by atoms with E-state index >= 15 is 0 Å². The van der Waals surface area contributed by atoms with E-state index in [0.29, 0.717) is 25.3 Å². The summed E-state index contributed by atoms with van der Waals surface area (Å²) in [5, 5.41) is 10.8. The van der Waals surface area contributed by atoms with Gasteiger partial charge in [0.15, 0.2) is 5.69 Å². The van der Waals surface area contributed by atoms with Crippen LogP contribution in [0.5, 0.6) is 0 Å². The molecule has 0 saturated carbocycles. The molecule has 0 bridgehead atoms. The molecule has 0 unspecified atom stereocenters. The normalized spacial score (nSPS) is 21.7. The van der Waals surface area contributed by atoms with E-state index in [-0.39, 0.29) is 18.0 Å². The van der Waals surface area contributed by atoms with Gasteiger partial charge in [-0.2, -0.15) is 5.10 Å². The fourth-order valence-corrected chi connectivity index (χ4v) is 3.50. The number of rotatable bonds is 2. The number of aromatic nitrogens is 2. The number of carbonyl (C=O) groups excluding carboxylic acids is 2. The van der Waals surface area contributed by atoms with Crippen molar-refractivity contribution >= 4 is 22.8 Å². The highest BCUT2D eigenvalue weighted by atomic mass is 16.2. The van der Waals surface area contributed by atoms with Crippen molar-refractivity contribution in [1.29, 1.82) is 0 Å². The Balaban J connectivity index is 1.55. The molecule has 0 aliphatic carbocycles. The number of para-hydroxylation sites is 1. The molecule has 2 aliphatic heterocycles. The van der Waals surface area contributed by atoms with Crippen LogP contribution in [-0.4, -0.2) is 64.2 Å². The van der Waals surface area contributed by atoms with Gasteiger partial charge < -0.3 is 15.1 Å². The van der Waals surface area contributed by atoms with Crippen molar-refractivity contribution in [2.24, 2.45) is 0 Å². The molecule has 120 valence electrons. The van der Waals surface area contributed by atoms with Gasteiger partial charge in [0.25, 0.3) is 5.91 Å². The van der Waals surface area contributed by atoms with Crippen LogP contribution in [0.3, 0.4) is 0 Å². The molecule has 2 N–H and O–H groups in total. The predicted molar refractivity (Wildman–Crippen MR) is 85.1 cm³/mol. The van der Waals surface area contributed by atoms with E-state index in [2.05, 4.69) is 15.5 Å². The predicted octanol–water partition coefficient (Wildman–Crippen LogP) is 1.19. The zero-order valence-corrected chi connectivity index (χ0v) is 12.8. The minimum absolute atomic E-state index is 0.0190. The summed E-state index contributed by atoms with van der Waals surface area (Å²) in [6.45, 7) is 2.70. The number of amides is 3. The molecule has 7 heteroatoms. The molecular weight excluding hydrogens is 294 g/mol. The maximum Gasteiger partial charge on any atom is 0.317 e. The van der Waals surface area contributed by atoms with Crippen LogP contribution in [0.15, 0.2) is 24.3 Å². The molecule has 3 amide bonds. The second kappa shape index (κ2) is 5.57. The number of piperidine rings is 1. The van der Waals surface area contributed by atoms with Gasteiger partial charge in [-0.25, -0.2) is 4.79 Å². The maximum atomic E-state index is 12.8. The lowest BCUT2D eigenvalue weighted by molar-refractivity contribution is 0.0630. The van der Waals surface area contributed by atoms with Crippen molar-refractivity contribution < 1.29 is 9.59 Å². The summed E-state index contributed by atoms with van der Waals surface area (Å²) in [5.41, 5.74) is 1.33. The number of benzene rings is 1. The van der Waals surface area contributed by atoms with Crippen molar-refractivity contribution in [1.82, 2.24) is 25.3 Å². The van der Waals surface area contributed by atoms with Crippen molar-refractivity contribution in [2.75, 3.05) is 26.2 Å². The zero-order chi connectivity index (χ0) is 15.8. The van der Waals surface area contributed by atoms with Crippen molar-refractivity contribution in [3.8, 4) is 0 Å². The zero-order valence-electron chi connectivity index (χ0n) is 12.8. The van der Waals surface area contributed by atoms with E-state index in [1.54, 1.807) is 0 Å². The number of likely N-dealkylation sites (tertiary alicyclic amines) is 1. The lowest BCUT2D eigenvalue weighted by atomic mass is 10.0. The van der Waals surface area contributed by atoms with Gasteiger partial charge >= 0.3 is 6.03 Å². The third-order valence-electron chi connectivity index (χ3n) is 4.69. The van der Waals surface area contributed by atoms with Gasteiger partial charge in [0.1, 0.15) is 0 Å². The first-order chi connectivity index (χ1) is 11.2. The van der Waals surface area contributed by atoms with E-state index in [4.69, 9.17) is 0 Å². The van der Waals surface area contributed by atoms with Gasteiger partial charge in [0.05, 0.1) is 11.6 Å². The summed E-state index contributed by atoms with van der Waals surface area (Å²) in [6.07, 6.45) is 1.85. The van der Waals surface area contributed by atoms with Gasteiger partial charge in [0.2, 0.25) is 0 Å². The Morgan fingerprint density at radius 2 is 2.13 bits per heavy atom. The number of hydrogen-bond acceptors (Lipinski definition) is 3. The Morgan fingerprint density at radius 1 is 1.26 bits per heavy atom. The molecule has 2 fully saturated rings. The lowest BCUT2D eigenvalue weighted by Gasteiger charge is -2.36. The number of aromatic amines is 1. The second-order valence-electron chi connectivity index (χ2n) is 6.09. The molecule has 7 nitrogen and oxygen atoms in total. The largest absolute Gasteiger partial charge is 0.336 e. The van der Waals surface area contributed by atoms with Gasteiger partial charge in [-0.05, 0) is 18.9 Å². The number of urea groups is 1. The highest BCUT2D eigenvalue weighted by Crippen LogP contribution is 2.22. The SMILES string of the molecule is O=C(c1n[nH]c2ccccc12)N1CCC[C@@H](N2CCNC2=O)C1. The quantitative estimate of drug-likeness (QED) is 0.874. The van der Waals surface area contributed by atoms with Gasteiger partial charge in [-0.1, -0.05) is 18.2 Å². The molecule has 2 saturated heterocycles. The fraction of sp³-hybridized carbons (Fsp3) is 0.438. The summed E-state index contributed by atoms with van der Waals surface area (Å²) < 4.78 is 0. The first kappa shape index (κ1) is 14.0. The Morgan fingerprint density at radius 3 is 2.96 bits per heavy atom. The standard InChI is InChI=1S/C16H19N5O2/c22-15(14-12-5-1-2-6-13(12)18-19-14)20-8-3-4-11(10-20)21-9-7-17-16(21)23/h1-2,5-6,11H,3-4,7-10H2,(H,17,23)(H,18,19)/t11-/m1/s1. The topological polar surface area (TPSA) is 81.3 Å². The summed E-state index contributed by atoms with van der Waals surface area (Å²) in [5.74, 6) is -0.0632. The summed E-state index contributed by atoms with van der Waals surface area (Å²) >= 11 is 0. The van der Waals surface area contributed by atoms with E-state index in [1.807, 2.05) is 34.1 Å². The molecule has 2 aliphatic rings. The van der Waals surface area contributed by atoms with Gasteiger partial charge in [-0.15, -0.1) is 0 Å². The van der Waals surface area contributed by atoms with Crippen LogP contribution in [0, 0.1) is 0 Å². The van der Waals surface area contributed by atoms with Crippen molar-refractivity contribution in [2.45, 2.75) is 18.9 Å². The second-order valence-corrected chi connectivity index (χ2v) is 6.09. The van der Waals surface area contributed by atoms with E-state index in [9.17, 15) is 9.59 Å². The summed E-state index contributed by atoms with van der Waals surface area (Å²) in [4.78, 5) is 28.4. The van der Waals surface area contributed by atoms with E-state index < -0.39 is 0 Å². The molecule has 0 spiro atoms. The number of H-pyrrole nitrogens is 1. The third-order valence-corrected chi connectivity index (χ3v) is 4.69. The van der Waals surface area contributed by atoms with Crippen LogP contribution < -0.4 is 5.32 Å². The molecule has 23 heavy (non-hydrogen) atoms. The molecule has 1 aromatic carbocycles. The Labute approximate surface area is 133 Å². The first-order valence-corrected chi connectivity index (χ1v) is 8.01. The maximum absolute atomic E-state index is 12.8. The van der Waals surface area contributed by atoms with Crippen LogP contribution in [0.2, 0.25) is 0 Å². The molecular formula is C16H19N5O2. The molecule has 4 rings (SSSR count). The fourth-order valence-electron chi connectivity index (χ4n) is 3.50. The number of carbonyl (C=O) groups is 2. The van der Waals surface area contributed by atoms with Gasteiger partial charge in [0, 0.05) is 31.6 Å². The Hall–Kier alpha value is -2.57. The third kappa shape index (κ3) is 2.42. The van der Waals surface area contributed by atoms with Crippen molar-refractivity contribution in [3.05, 3.63) is 30.0 Å². The van der Waals surface area contributed by atoms with Crippen LogP contribution in [0.1, 0.15) is 23.3 Å². The summed E-state index contributed by atoms with van der Waals surface area (Å²) in [6, 6.07) is 7.71. The van der Waals surface area contributed by atoms with Gasteiger partial charge in [-0.3, -0.25) is 9.89 Å². The number of hydrogen-bond donors (Lipinski definition) is 2. The molecule has 3 heterocycles. The Bertz CT molecular complexity index is 756. The smallest absolute Gasteiger partial charge is 0.317 e. The van der Waals surface area contributed by atoms with Crippen LogP contribution in [0.4, 0.5) is 4.79 Å². The minimum Gasteiger partial charge on any atom is -0.336 e. The highest BCUT2D eigenvalue weighted by Gasteiger charge is 2.33. The molecule has 1 aromatic heterocycles. The number of nitrogens with zero attached hydrogens (tertiary/aromatic N) is 3. The molecule has 0 radical (unpaired) electrons. The van der Waals surface area contributed by atoms with Crippen LogP contribution in [-0.2, 0) is 0 Å². The highest BCUT2D eigenvalue weighted by molar-refractivity contribution is 6.04.